The first-order chi connectivity index (χ1) is 9.16. The number of hydrogen-bond acceptors (Lipinski definition) is 3. The summed E-state index contributed by atoms with van der Waals surface area (Å²) >= 11 is 5.67. The summed E-state index contributed by atoms with van der Waals surface area (Å²) in [7, 11) is 0. The lowest BCUT2D eigenvalue weighted by atomic mass is 10.0. The predicted octanol–water partition coefficient (Wildman–Crippen LogP) is 1.56. The minimum absolute atomic E-state index is 0.0478. The second kappa shape index (κ2) is 4.59. The molecule has 1 atom stereocenters. The van der Waals surface area contributed by atoms with Gasteiger partial charge in [-0.2, -0.15) is 0 Å². The minimum atomic E-state index is -0.501. The van der Waals surface area contributed by atoms with Crippen LogP contribution in [0.15, 0.2) is 39.9 Å². The Kier molecular flexibility index (Phi) is 2.91. The Bertz CT molecular complexity index is 704. The summed E-state index contributed by atoms with van der Waals surface area (Å²) in [5.41, 5.74) is -0.0710. The molecule has 1 unspecified atom stereocenters. The van der Waals surface area contributed by atoms with Gasteiger partial charge in [-0.05, 0) is 6.07 Å². The van der Waals surface area contributed by atoms with Gasteiger partial charge < -0.3 is 4.74 Å². The van der Waals surface area contributed by atoms with Crippen molar-refractivity contribution in [1.29, 1.82) is 0 Å². The Morgan fingerprint density at radius 1 is 1.32 bits per heavy atom. The molecule has 2 aromatic rings. The van der Waals surface area contributed by atoms with Crippen LogP contribution in [0.1, 0.15) is 18.0 Å². The molecule has 0 amide bonds. The van der Waals surface area contributed by atoms with Gasteiger partial charge in [0.05, 0.1) is 12.6 Å². The number of para-hydroxylation sites is 1. The van der Waals surface area contributed by atoms with E-state index in [0.717, 1.165) is 5.56 Å². The van der Waals surface area contributed by atoms with E-state index in [1.54, 1.807) is 0 Å². The number of aromatic nitrogens is 2. The first kappa shape index (κ1) is 12.0. The van der Waals surface area contributed by atoms with Gasteiger partial charge in [-0.25, -0.2) is 4.79 Å². The fourth-order valence-corrected chi connectivity index (χ4v) is 2.54. The minimum Gasteiger partial charge on any atom is -0.493 e. The normalized spacial score (nSPS) is 17.6. The van der Waals surface area contributed by atoms with Crippen molar-refractivity contribution in [2.45, 2.75) is 12.5 Å². The summed E-state index contributed by atoms with van der Waals surface area (Å²) in [6.07, 6.45) is 0.571. The average molecular weight is 279 g/mol. The molecule has 3 rings (SSSR count). The second-order valence-electron chi connectivity index (χ2n) is 4.32. The van der Waals surface area contributed by atoms with Crippen LogP contribution in [-0.4, -0.2) is 16.2 Å². The highest BCUT2D eigenvalue weighted by molar-refractivity contribution is 6.29. The summed E-state index contributed by atoms with van der Waals surface area (Å²) in [6, 6.07) is 8.29. The summed E-state index contributed by atoms with van der Waals surface area (Å²) in [4.78, 5) is 26.4. The van der Waals surface area contributed by atoms with Crippen LogP contribution >= 0.6 is 11.6 Å². The Morgan fingerprint density at radius 2 is 2.11 bits per heavy atom. The summed E-state index contributed by atoms with van der Waals surface area (Å²) in [5.74, 6) is 0.708. The number of H-pyrrole nitrogens is 1. The lowest BCUT2D eigenvalue weighted by Gasteiger charge is -2.26. The second-order valence-corrected chi connectivity index (χ2v) is 4.73. The number of nitrogens with one attached hydrogen (secondary N) is 1. The van der Waals surface area contributed by atoms with E-state index in [4.69, 9.17) is 16.3 Å². The standard InChI is InChI=1S/C13H11ClN2O3/c14-11-7-12(17)16(13(18)15-11)9-5-6-19-10-4-2-1-3-8(9)10/h1-4,7,9H,5-6H2,(H,15,18). The largest absolute Gasteiger partial charge is 0.493 e. The lowest BCUT2D eigenvalue weighted by molar-refractivity contribution is 0.252. The molecule has 5 nitrogen and oxygen atoms in total. The Morgan fingerprint density at radius 3 is 2.89 bits per heavy atom. The van der Waals surface area contributed by atoms with E-state index in [-0.39, 0.29) is 11.2 Å². The number of aromatic amines is 1. The van der Waals surface area contributed by atoms with E-state index >= 15 is 0 Å². The Balaban J connectivity index is 2.20. The number of nitrogens with zero attached hydrogens (tertiary/aromatic N) is 1. The van der Waals surface area contributed by atoms with Crippen LogP contribution in [0.2, 0.25) is 5.15 Å². The molecule has 0 bridgehead atoms. The molecule has 98 valence electrons. The zero-order valence-electron chi connectivity index (χ0n) is 9.93. The zero-order chi connectivity index (χ0) is 13.4. The SMILES string of the molecule is O=c1cc(Cl)[nH]c(=O)n1C1CCOc2ccccc21. The lowest BCUT2D eigenvalue weighted by Crippen LogP contribution is -2.39. The maximum atomic E-state index is 12.0. The number of fused-ring (bicyclic) bond motifs is 1. The molecule has 1 aliphatic rings. The monoisotopic (exact) mass is 278 g/mol. The number of benzene rings is 1. The average Bonchev–Trinajstić information content (AvgIpc) is 2.38. The van der Waals surface area contributed by atoms with E-state index < -0.39 is 11.2 Å². The Labute approximate surface area is 113 Å². The molecular weight excluding hydrogens is 268 g/mol. The van der Waals surface area contributed by atoms with Crippen molar-refractivity contribution in [3.8, 4) is 5.75 Å². The van der Waals surface area contributed by atoms with E-state index in [1.807, 2.05) is 24.3 Å². The third-order valence-electron chi connectivity index (χ3n) is 3.17. The van der Waals surface area contributed by atoms with Crippen molar-refractivity contribution in [3.63, 3.8) is 0 Å². The highest BCUT2D eigenvalue weighted by Gasteiger charge is 2.25. The maximum Gasteiger partial charge on any atom is 0.330 e. The third-order valence-corrected chi connectivity index (χ3v) is 3.37. The number of halogens is 1. The fraction of sp³-hybridized carbons (Fsp3) is 0.231. The number of ether oxygens (including phenoxy) is 1. The van der Waals surface area contributed by atoms with Gasteiger partial charge >= 0.3 is 5.69 Å². The van der Waals surface area contributed by atoms with Gasteiger partial charge in [0.1, 0.15) is 10.9 Å². The van der Waals surface area contributed by atoms with Crippen LogP contribution in [0, 0.1) is 0 Å². The molecule has 19 heavy (non-hydrogen) atoms. The highest BCUT2D eigenvalue weighted by Crippen LogP contribution is 2.32. The van der Waals surface area contributed by atoms with Crippen molar-refractivity contribution >= 4 is 11.6 Å². The summed E-state index contributed by atoms with van der Waals surface area (Å²) in [6.45, 7) is 0.468. The topological polar surface area (TPSA) is 64.1 Å². The number of rotatable bonds is 1. The van der Waals surface area contributed by atoms with Gasteiger partial charge in [0.25, 0.3) is 5.56 Å². The molecule has 2 heterocycles. The van der Waals surface area contributed by atoms with E-state index in [2.05, 4.69) is 4.98 Å². The van der Waals surface area contributed by atoms with Crippen molar-refractivity contribution in [1.82, 2.24) is 9.55 Å². The van der Waals surface area contributed by atoms with Crippen LogP contribution < -0.4 is 16.0 Å². The van der Waals surface area contributed by atoms with Gasteiger partial charge in [-0.15, -0.1) is 0 Å². The molecular formula is C13H11ClN2O3. The Hall–Kier alpha value is -2.01. The predicted molar refractivity (Wildman–Crippen MR) is 71.0 cm³/mol. The molecule has 1 N–H and O–H groups in total. The van der Waals surface area contributed by atoms with Gasteiger partial charge in [0.2, 0.25) is 0 Å². The van der Waals surface area contributed by atoms with E-state index in [1.165, 1.54) is 10.6 Å². The molecule has 1 aromatic carbocycles. The molecule has 0 saturated heterocycles. The first-order valence-electron chi connectivity index (χ1n) is 5.90. The molecule has 1 aromatic heterocycles. The van der Waals surface area contributed by atoms with Gasteiger partial charge in [-0.1, -0.05) is 29.8 Å². The van der Waals surface area contributed by atoms with Crippen LogP contribution in [0.4, 0.5) is 0 Å². The molecule has 6 heteroatoms. The molecule has 0 aliphatic carbocycles. The third kappa shape index (κ3) is 2.06. The van der Waals surface area contributed by atoms with Crippen LogP contribution in [0.5, 0.6) is 5.75 Å². The van der Waals surface area contributed by atoms with E-state index in [9.17, 15) is 9.59 Å². The molecule has 0 saturated carbocycles. The van der Waals surface area contributed by atoms with Crippen molar-refractivity contribution in [2.75, 3.05) is 6.61 Å². The van der Waals surface area contributed by atoms with Gasteiger partial charge in [-0.3, -0.25) is 14.3 Å². The van der Waals surface area contributed by atoms with Crippen molar-refractivity contribution < 1.29 is 4.74 Å². The maximum absolute atomic E-state index is 12.0. The van der Waals surface area contributed by atoms with Crippen LogP contribution in [0.25, 0.3) is 0 Å². The van der Waals surface area contributed by atoms with Crippen LogP contribution in [0.3, 0.4) is 0 Å². The first-order valence-corrected chi connectivity index (χ1v) is 6.28. The zero-order valence-corrected chi connectivity index (χ0v) is 10.7. The molecule has 0 fully saturated rings. The van der Waals surface area contributed by atoms with Gasteiger partial charge in [0.15, 0.2) is 0 Å². The summed E-state index contributed by atoms with van der Waals surface area (Å²) < 4.78 is 6.71. The highest BCUT2D eigenvalue weighted by atomic mass is 35.5. The quantitative estimate of drug-likeness (QED) is 0.805. The molecule has 0 spiro atoms. The van der Waals surface area contributed by atoms with Crippen molar-refractivity contribution in [3.05, 3.63) is 61.9 Å². The summed E-state index contributed by atoms with van der Waals surface area (Å²) in [5, 5.41) is 0.0478. The smallest absolute Gasteiger partial charge is 0.330 e. The van der Waals surface area contributed by atoms with Crippen LogP contribution in [-0.2, 0) is 0 Å². The fourth-order valence-electron chi connectivity index (χ4n) is 2.36. The molecule has 0 radical (unpaired) electrons. The van der Waals surface area contributed by atoms with Gasteiger partial charge in [0, 0.05) is 18.1 Å². The molecule has 1 aliphatic heterocycles. The van der Waals surface area contributed by atoms with E-state index in [0.29, 0.717) is 18.8 Å². The number of hydrogen-bond donors (Lipinski definition) is 1. The van der Waals surface area contributed by atoms with Crippen molar-refractivity contribution in [2.24, 2.45) is 0 Å².